The van der Waals surface area contributed by atoms with Gasteiger partial charge < -0.3 is 28.4 Å². The fourth-order valence-corrected chi connectivity index (χ4v) is 3.11. The van der Waals surface area contributed by atoms with E-state index in [1.807, 2.05) is 30.3 Å². The lowest BCUT2D eigenvalue weighted by atomic mass is 9.98. The van der Waals surface area contributed by atoms with Crippen LogP contribution in [0.15, 0.2) is 43.0 Å². The highest BCUT2D eigenvalue weighted by molar-refractivity contribution is 5.67. The van der Waals surface area contributed by atoms with Gasteiger partial charge in [0.1, 0.15) is 18.8 Å². The molecule has 170 valence electrons. The first-order valence-corrected chi connectivity index (χ1v) is 9.83. The van der Waals surface area contributed by atoms with Crippen molar-refractivity contribution in [2.45, 2.75) is 58.1 Å². The van der Waals surface area contributed by atoms with Gasteiger partial charge in [0, 0.05) is 20.8 Å². The number of carbonyl (C=O) groups excluding carboxylic acids is 3. The summed E-state index contributed by atoms with van der Waals surface area (Å²) in [5, 5.41) is 0. The molecule has 9 heteroatoms. The molecule has 0 aliphatic carbocycles. The Morgan fingerprint density at radius 3 is 2.16 bits per heavy atom. The van der Waals surface area contributed by atoms with Crippen molar-refractivity contribution < 1.29 is 42.8 Å². The largest absolute Gasteiger partial charge is 0.463 e. The number of ether oxygens (including phenoxy) is 6. The lowest BCUT2D eigenvalue weighted by Crippen LogP contribution is -2.62. The monoisotopic (exact) mass is 436 g/mol. The van der Waals surface area contributed by atoms with Crippen LogP contribution in [0.2, 0.25) is 0 Å². The van der Waals surface area contributed by atoms with Gasteiger partial charge in [-0.05, 0) is 5.56 Å². The highest BCUT2D eigenvalue weighted by atomic mass is 16.7. The van der Waals surface area contributed by atoms with E-state index in [1.54, 1.807) is 0 Å². The maximum Gasteiger partial charge on any atom is 0.303 e. The van der Waals surface area contributed by atoms with Crippen molar-refractivity contribution >= 4 is 17.9 Å². The summed E-state index contributed by atoms with van der Waals surface area (Å²) in [6.45, 7) is 7.37. The molecule has 1 aliphatic heterocycles. The van der Waals surface area contributed by atoms with Crippen LogP contribution < -0.4 is 0 Å². The van der Waals surface area contributed by atoms with E-state index in [0.717, 1.165) is 5.56 Å². The van der Waals surface area contributed by atoms with Crippen LogP contribution in [0.5, 0.6) is 0 Å². The first-order chi connectivity index (χ1) is 14.8. The summed E-state index contributed by atoms with van der Waals surface area (Å²) in [4.78, 5) is 34.9. The van der Waals surface area contributed by atoms with Crippen molar-refractivity contribution in [3.05, 3.63) is 48.6 Å². The number of carbonyl (C=O) groups is 3. The quantitative estimate of drug-likeness (QED) is 0.309. The normalized spacial score (nSPS) is 25.3. The summed E-state index contributed by atoms with van der Waals surface area (Å²) < 4.78 is 33.6. The predicted molar refractivity (Wildman–Crippen MR) is 108 cm³/mol. The number of rotatable bonds is 10. The molecule has 9 nitrogen and oxygen atoms in total. The molecule has 0 spiro atoms. The Morgan fingerprint density at radius 1 is 0.935 bits per heavy atom. The van der Waals surface area contributed by atoms with Crippen molar-refractivity contribution in [2.24, 2.45) is 0 Å². The Morgan fingerprint density at radius 2 is 1.58 bits per heavy atom. The summed E-state index contributed by atoms with van der Waals surface area (Å²) in [5.74, 6) is -1.77. The molecular weight excluding hydrogens is 408 g/mol. The Balaban J connectivity index is 2.34. The second-order valence-electron chi connectivity index (χ2n) is 6.88. The molecule has 2 rings (SSSR count). The van der Waals surface area contributed by atoms with E-state index >= 15 is 0 Å². The topological polar surface area (TPSA) is 107 Å². The van der Waals surface area contributed by atoms with Crippen LogP contribution in [0.3, 0.4) is 0 Å². The summed E-state index contributed by atoms with van der Waals surface area (Å²) >= 11 is 0. The zero-order chi connectivity index (χ0) is 22.8. The highest BCUT2D eigenvalue weighted by Crippen LogP contribution is 2.30. The van der Waals surface area contributed by atoms with Gasteiger partial charge in [-0.2, -0.15) is 0 Å². The second-order valence-corrected chi connectivity index (χ2v) is 6.88. The van der Waals surface area contributed by atoms with Gasteiger partial charge in [0.2, 0.25) is 0 Å². The van der Waals surface area contributed by atoms with Gasteiger partial charge in [-0.1, -0.05) is 36.4 Å². The summed E-state index contributed by atoms with van der Waals surface area (Å²) in [6.07, 6.45) is -3.49. The average Bonchev–Trinajstić information content (AvgIpc) is 2.71. The van der Waals surface area contributed by atoms with E-state index in [2.05, 4.69) is 6.58 Å². The molecule has 1 heterocycles. The maximum absolute atomic E-state index is 11.9. The lowest BCUT2D eigenvalue weighted by molar-refractivity contribution is -0.313. The average molecular weight is 436 g/mol. The van der Waals surface area contributed by atoms with E-state index in [0.29, 0.717) is 0 Å². The van der Waals surface area contributed by atoms with Crippen LogP contribution in [0.1, 0.15) is 26.3 Å². The standard InChI is InChI=1S/C22H28O9/c1-5-11-26-22-21(28-12-17-9-7-6-8-10-17)20(30-16(4)25)19(29-15(3)24)18(31-22)13-27-14(2)23/h5-10,18-22H,1,11-13H2,2-4H3/t18-,19-,20+,21-,22-/m1/s1. The Hall–Kier alpha value is -2.75. The maximum atomic E-state index is 11.9. The molecule has 0 amide bonds. The minimum absolute atomic E-state index is 0.126. The van der Waals surface area contributed by atoms with Gasteiger partial charge in [-0.25, -0.2) is 0 Å². The fourth-order valence-electron chi connectivity index (χ4n) is 3.11. The van der Waals surface area contributed by atoms with Gasteiger partial charge >= 0.3 is 17.9 Å². The molecule has 1 saturated heterocycles. The van der Waals surface area contributed by atoms with Crippen LogP contribution >= 0.6 is 0 Å². The first-order valence-electron chi connectivity index (χ1n) is 9.83. The number of hydrogen-bond acceptors (Lipinski definition) is 9. The van der Waals surface area contributed by atoms with Crippen molar-refractivity contribution in [1.82, 2.24) is 0 Å². The molecule has 0 unspecified atom stereocenters. The molecule has 5 atom stereocenters. The summed E-state index contributed by atoms with van der Waals surface area (Å²) in [5.41, 5.74) is 0.873. The first kappa shape index (κ1) is 24.5. The van der Waals surface area contributed by atoms with Crippen molar-refractivity contribution in [3.8, 4) is 0 Å². The van der Waals surface area contributed by atoms with Crippen molar-refractivity contribution in [3.63, 3.8) is 0 Å². The smallest absolute Gasteiger partial charge is 0.303 e. The minimum atomic E-state index is -1.08. The van der Waals surface area contributed by atoms with E-state index in [-0.39, 0.29) is 19.8 Å². The third kappa shape index (κ3) is 7.78. The third-order valence-corrected chi connectivity index (χ3v) is 4.31. The Bertz CT molecular complexity index is 749. The molecule has 31 heavy (non-hydrogen) atoms. The van der Waals surface area contributed by atoms with Crippen LogP contribution in [-0.4, -0.2) is 61.8 Å². The highest BCUT2D eigenvalue weighted by Gasteiger charge is 2.51. The lowest BCUT2D eigenvalue weighted by Gasteiger charge is -2.44. The zero-order valence-corrected chi connectivity index (χ0v) is 17.9. The number of hydrogen-bond donors (Lipinski definition) is 0. The van der Waals surface area contributed by atoms with Gasteiger partial charge in [0.15, 0.2) is 18.5 Å². The molecule has 0 saturated carbocycles. The number of benzene rings is 1. The van der Waals surface area contributed by atoms with E-state index in [1.165, 1.54) is 26.8 Å². The van der Waals surface area contributed by atoms with E-state index in [9.17, 15) is 14.4 Å². The molecule has 0 radical (unpaired) electrons. The van der Waals surface area contributed by atoms with E-state index < -0.39 is 48.6 Å². The minimum Gasteiger partial charge on any atom is -0.463 e. The van der Waals surface area contributed by atoms with Crippen LogP contribution in [0.25, 0.3) is 0 Å². The SMILES string of the molecule is C=CCO[C@@H]1O[C@H](COC(C)=O)[C@@H](OC(C)=O)[C@H](OC(C)=O)[C@H]1OCc1ccccc1. The van der Waals surface area contributed by atoms with Gasteiger partial charge in [0.05, 0.1) is 13.2 Å². The van der Waals surface area contributed by atoms with Gasteiger partial charge in [-0.3, -0.25) is 14.4 Å². The second kappa shape index (κ2) is 12.2. The molecule has 0 N–H and O–H groups in total. The van der Waals surface area contributed by atoms with Gasteiger partial charge in [0.25, 0.3) is 0 Å². The molecule has 0 aromatic heterocycles. The third-order valence-electron chi connectivity index (χ3n) is 4.31. The number of esters is 3. The zero-order valence-electron chi connectivity index (χ0n) is 17.9. The summed E-state index contributed by atoms with van der Waals surface area (Å²) in [6, 6.07) is 9.35. The Labute approximate surface area is 181 Å². The molecule has 1 fully saturated rings. The van der Waals surface area contributed by atoms with Gasteiger partial charge in [-0.15, -0.1) is 6.58 Å². The molecule has 1 aliphatic rings. The van der Waals surface area contributed by atoms with Crippen LogP contribution in [-0.2, 0) is 49.4 Å². The molecule has 1 aromatic rings. The molecule has 0 bridgehead atoms. The molecule has 1 aromatic carbocycles. The summed E-state index contributed by atoms with van der Waals surface area (Å²) in [7, 11) is 0. The Kier molecular flexibility index (Phi) is 9.64. The predicted octanol–water partition coefficient (Wildman–Crippen LogP) is 1.93. The van der Waals surface area contributed by atoms with E-state index in [4.69, 9.17) is 28.4 Å². The van der Waals surface area contributed by atoms with Crippen molar-refractivity contribution in [1.29, 1.82) is 0 Å². The van der Waals surface area contributed by atoms with Crippen LogP contribution in [0.4, 0.5) is 0 Å². The fraction of sp³-hybridized carbons (Fsp3) is 0.500. The van der Waals surface area contributed by atoms with Crippen LogP contribution in [0, 0.1) is 0 Å². The molecular formula is C22H28O9. The van der Waals surface area contributed by atoms with Crippen molar-refractivity contribution in [2.75, 3.05) is 13.2 Å².